The molecule has 2 atom stereocenters. The maximum atomic E-state index is 5.27. The third-order valence-electron chi connectivity index (χ3n) is 2.08. The van der Waals surface area contributed by atoms with E-state index in [1.807, 2.05) is 0 Å². The first-order chi connectivity index (χ1) is 3.84. The molecule has 3 N–H and O–H groups in total. The van der Waals surface area contributed by atoms with E-state index >= 15 is 0 Å². The van der Waals surface area contributed by atoms with Crippen LogP contribution in [0.3, 0.4) is 0 Å². The van der Waals surface area contributed by atoms with Gasteiger partial charge in [-0.2, -0.15) is 0 Å². The predicted molar refractivity (Wildman–Crippen MR) is 34.1 cm³/mol. The van der Waals surface area contributed by atoms with Crippen molar-refractivity contribution in [1.82, 2.24) is 5.43 Å². The van der Waals surface area contributed by atoms with E-state index in [9.17, 15) is 0 Å². The highest BCUT2D eigenvalue weighted by Gasteiger charge is 2.20. The first-order valence-corrected chi connectivity index (χ1v) is 3.30. The first kappa shape index (κ1) is 6.05. The minimum atomic E-state index is 0.593. The molecule has 1 aliphatic carbocycles. The van der Waals surface area contributed by atoms with Crippen LogP contribution in [0, 0.1) is 5.92 Å². The summed E-state index contributed by atoms with van der Waals surface area (Å²) in [6.07, 6.45) is 3.95. The summed E-state index contributed by atoms with van der Waals surface area (Å²) in [5, 5.41) is 0. The molecule has 0 saturated heterocycles. The van der Waals surface area contributed by atoms with Crippen LogP contribution in [0.2, 0.25) is 0 Å². The normalized spacial score (nSPS) is 38.2. The monoisotopic (exact) mass is 114 g/mol. The van der Waals surface area contributed by atoms with E-state index in [1.165, 1.54) is 19.3 Å². The Morgan fingerprint density at radius 3 is 2.50 bits per heavy atom. The van der Waals surface area contributed by atoms with Gasteiger partial charge < -0.3 is 0 Å². The molecule has 0 aliphatic heterocycles. The number of rotatable bonds is 1. The van der Waals surface area contributed by atoms with Gasteiger partial charge in [0.2, 0.25) is 0 Å². The minimum absolute atomic E-state index is 0.593. The maximum absolute atomic E-state index is 5.27. The fraction of sp³-hybridized carbons (Fsp3) is 1.00. The van der Waals surface area contributed by atoms with Crippen molar-refractivity contribution < 1.29 is 0 Å². The summed E-state index contributed by atoms with van der Waals surface area (Å²) in [4.78, 5) is 0. The summed E-state index contributed by atoms with van der Waals surface area (Å²) < 4.78 is 0. The second-order valence-electron chi connectivity index (χ2n) is 2.68. The van der Waals surface area contributed by atoms with Gasteiger partial charge in [0, 0.05) is 6.04 Å². The molecule has 0 aromatic rings. The number of hydrogen-bond donors (Lipinski definition) is 2. The molecule has 1 saturated carbocycles. The highest BCUT2D eigenvalue weighted by atomic mass is 15.2. The topological polar surface area (TPSA) is 38.0 Å². The van der Waals surface area contributed by atoms with Crippen LogP contribution in [0.4, 0.5) is 0 Å². The Hall–Kier alpha value is -0.0800. The molecule has 0 aromatic carbocycles. The molecule has 48 valence electrons. The lowest BCUT2D eigenvalue weighted by molar-refractivity contribution is 0.437. The van der Waals surface area contributed by atoms with E-state index in [1.54, 1.807) is 0 Å². The van der Waals surface area contributed by atoms with Gasteiger partial charge in [-0.3, -0.25) is 11.3 Å². The van der Waals surface area contributed by atoms with Crippen LogP contribution in [0.25, 0.3) is 0 Å². The second kappa shape index (κ2) is 2.46. The molecule has 0 amide bonds. The smallest absolute Gasteiger partial charge is 0.0236 e. The van der Waals surface area contributed by atoms with E-state index in [0.29, 0.717) is 6.04 Å². The van der Waals surface area contributed by atoms with E-state index < -0.39 is 0 Å². The summed E-state index contributed by atoms with van der Waals surface area (Å²) in [6, 6.07) is 0.593. The Morgan fingerprint density at radius 1 is 1.50 bits per heavy atom. The highest BCUT2D eigenvalue weighted by molar-refractivity contribution is 4.77. The van der Waals surface area contributed by atoms with Crippen molar-refractivity contribution in [3.63, 3.8) is 0 Å². The third kappa shape index (κ3) is 1.01. The lowest BCUT2D eigenvalue weighted by atomic mass is 10.1. The average Bonchev–Trinajstić information content (AvgIpc) is 2.14. The van der Waals surface area contributed by atoms with Crippen molar-refractivity contribution in [3.05, 3.63) is 0 Å². The van der Waals surface area contributed by atoms with Gasteiger partial charge in [0.1, 0.15) is 0 Å². The van der Waals surface area contributed by atoms with Gasteiger partial charge in [0.25, 0.3) is 0 Å². The molecule has 8 heavy (non-hydrogen) atoms. The van der Waals surface area contributed by atoms with Crippen LogP contribution in [-0.4, -0.2) is 6.04 Å². The maximum Gasteiger partial charge on any atom is 0.0236 e. The van der Waals surface area contributed by atoms with Crippen molar-refractivity contribution in [2.24, 2.45) is 11.8 Å². The number of hydrogen-bond acceptors (Lipinski definition) is 2. The van der Waals surface area contributed by atoms with Crippen LogP contribution in [0.15, 0.2) is 0 Å². The third-order valence-corrected chi connectivity index (χ3v) is 2.08. The highest BCUT2D eigenvalue weighted by Crippen LogP contribution is 2.23. The fourth-order valence-corrected chi connectivity index (χ4v) is 1.39. The summed E-state index contributed by atoms with van der Waals surface area (Å²) in [5.41, 5.74) is 2.81. The molecule has 0 bridgehead atoms. The van der Waals surface area contributed by atoms with Gasteiger partial charge in [0.05, 0.1) is 0 Å². The Kier molecular flexibility index (Phi) is 1.86. The van der Waals surface area contributed by atoms with Crippen LogP contribution in [-0.2, 0) is 0 Å². The van der Waals surface area contributed by atoms with E-state index in [2.05, 4.69) is 12.3 Å². The van der Waals surface area contributed by atoms with Crippen molar-refractivity contribution in [3.8, 4) is 0 Å². The summed E-state index contributed by atoms with van der Waals surface area (Å²) >= 11 is 0. The van der Waals surface area contributed by atoms with Gasteiger partial charge in [-0.05, 0) is 18.8 Å². The zero-order chi connectivity index (χ0) is 5.98. The summed E-state index contributed by atoms with van der Waals surface area (Å²) in [7, 11) is 0. The molecule has 2 nitrogen and oxygen atoms in total. The van der Waals surface area contributed by atoms with Gasteiger partial charge in [0.15, 0.2) is 0 Å². The largest absolute Gasteiger partial charge is 0.271 e. The van der Waals surface area contributed by atoms with Crippen LogP contribution >= 0.6 is 0 Å². The molecule has 0 aromatic heterocycles. The molecule has 0 unspecified atom stereocenters. The van der Waals surface area contributed by atoms with E-state index in [-0.39, 0.29) is 0 Å². The Balaban J connectivity index is 2.30. The zero-order valence-corrected chi connectivity index (χ0v) is 5.35. The molecule has 1 rings (SSSR count). The van der Waals surface area contributed by atoms with Crippen molar-refractivity contribution in [2.75, 3.05) is 0 Å². The number of nitrogens with two attached hydrogens (primary N) is 1. The van der Waals surface area contributed by atoms with Crippen molar-refractivity contribution >= 4 is 0 Å². The summed E-state index contributed by atoms with van der Waals surface area (Å²) in [6.45, 7) is 2.25. The molecule has 0 radical (unpaired) electrons. The minimum Gasteiger partial charge on any atom is -0.271 e. The second-order valence-corrected chi connectivity index (χ2v) is 2.68. The van der Waals surface area contributed by atoms with Crippen molar-refractivity contribution in [2.45, 2.75) is 32.2 Å². The van der Waals surface area contributed by atoms with Gasteiger partial charge in [-0.15, -0.1) is 0 Å². The Bertz CT molecular complexity index is 72.9. The van der Waals surface area contributed by atoms with Crippen molar-refractivity contribution in [1.29, 1.82) is 0 Å². The van der Waals surface area contributed by atoms with Gasteiger partial charge >= 0.3 is 0 Å². The molecule has 2 heteroatoms. The molecular weight excluding hydrogens is 100 g/mol. The van der Waals surface area contributed by atoms with Gasteiger partial charge in [-0.25, -0.2) is 0 Å². The molecule has 0 spiro atoms. The van der Waals surface area contributed by atoms with Crippen LogP contribution in [0.1, 0.15) is 26.2 Å². The lowest BCUT2D eigenvalue weighted by Gasteiger charge is -2.11. The molecular formula is C6H14N2. The fourth-order valence-electron chi connectivity index (χ4n) is 1.39. The SMILES string of the molecule is C[C@@H]1CCC[C@@H]1NN. The molecule has 1 aliphatic rings. The summed E-state index contributed by atoms with van der Waals surface area (Å²) in [5.74, 6) is 6.07. The average molecular weight is 114 g/mol. The number of hydrazine groups is 1. The predicted octanol–water partition coefficient (Wildman–Crippen LogP) is 0.638. The standard InChI is InChI=1S/C6H14N2/c1-5-3-2-4-6(5)8-7/h5-6,8H,2-4,7H2,1H3/t5-,6+/m1/s1. The zero-order valence-electron chi connectivity index (χ0n) is 5.35. The Labute approximate surface area is 50.4 Å². The Morgan fingerprint density at radius 2 is 2.25 bits per heavy atom. The van der Waals surface area contributed by atoms with E-state index in [0.717, 1.165) is 5.92 Å². The first-order valence-electron chi connectivity index (χ1n) is 3.30. The lowest BCUT2D eigenvalue weighted by Crippen LogP contribution is -2.36. The van der Waals surface area contributed by atoms with Crippen LogP contribution in [0.5, 0.6) is 0 Å². The van der Waals surface area contributed by atoms with Gasteiger partial charge in [-0.1, -0.05) is 13.3 Å². The number of nitrogens with one attached hydrogen (secondary N) is 1. The van der Waals surface area contributed by atoms with Crippen LogP contribution < -0.4 is 11.3 Å². The quantitative estimate of drug-likeness (QED) is 0.388. The molecule has 0 heterocycles. The molecule has 1 fully saturated rings. The van der Waals surface area contributed by atoms with E-state index in [4.69, 9.17) is 5.84 Å².